The van der Waals surface area contributed by atoms with Crippen molar-refractivity contribution in [3.8, 4) is 0 Å². The molecule has 0 aliphatic rings. The molecule has 2 heteroatoms. The van der Waals surface area contributed by atoms with Crippen molar-refractivity contribution >= 4 is 11.6 Å². The molecule has 0 amide bonds. The van der Waals surface area contributed by atoms with E-state index < -0.39 is 5.92 Å². The molecule has 0 N–H and O–H groups in total. The monoisotopic (exact) mass is 154 g/mol. The Labute approximate surface area is 67.3 Å². The first-order valence-electron chi connectivity index (χ1n) is 3.64. The molecule has 0 aromatic rings. The first-order valence-corrected chi connectivity index (χ1v) is 3.64. The van der Waals surface area contributed by atoms with Gasteiger partial charge in [-0.05, 0) is 27.7 Å². The van der Waals surface area contributed by atoms with E-state index >= 15 is 0 Å². The molecule has 0 bridgehead atoms. The van der Waals surface area contributed by atoms with Crippen LogP contribution in [-0.4, -0.2) is 11.6 Å². The van der Waals surface area contributed by atoms with Crippen molar-refractivity contribution in [3.63, 3.8) is 0 Å². The van der Waals surface area contributed by atoms with Gasteiger partial charge < -0.3 is 0 Å². The van der Waals surface area contributed by atoms with Gasteiger partial charge in [-0.15, -0.1) is 0 Å². The summed E-state index contributed by atoms with van der Waals surface area (Å²) < 4.78 is 0. The quantitative estimate of drug-likeness (QED) is 0.458. The Morgan fingerprint density at radius 1 is 1.09 bits per heavy atom. The van der Waals surface area contributed by atoms with Crippen molar-refractivity contribution in [2.75, 3.05) is 0 Å². The molecule has 0 aromatic carbocycles. The smallest absolute Gasteiger partial charge is 0.144 e. The van der Waals surface area contributed by atoms with E-state index in [0.29, 0.717) is 0 Å². The molecule has 0 heterocycles. The lowest BCUT2D eigenvalue weighted by atomic mass is 9.93. The lowest BCUT2D eigenvalue weighted by Crippen LogP contribution is -2.20. The zero-order valence-corrected chi connectivity index (χ0v) is 7.47. The third kappa shape index (κ3) is 2.66. The Kier molecular flexibility index (Phi) is 3.72. The molecule has 0 saturated carbocycles. The van der Waals surface area contributed by atoms with Crippen LogP contribution in [0.5, 0.6) is 0 Å². The van der Waals surface area contributed by atoms with Crippen molar-refractivity contribution in [1.29, 1.82) is 0 Å². The number of hydrogen-bond acceptors (Lipinski definition) is 2. The highest BCUT2D eigenvalue weighted by Gasteiger charge is 2.19. The zero-order chi connectivity index (χ0) is 9.02. The summed E-state index contributed by atoms with van der Waals surface area (Å²) in [5, 5.41) is 0. The molecule has 0 rings (SSSR count). The first kappa shape index (κ1) is 10.1. The minimum Gasteiger partial charge on any atom is -0.299 e. The second-order valence-electron chi connectivity index (χ2n) is 2.69. The van der Waals surface area contributed by atoms with Crippen LogP contribution in [-0.2, 0) is 9.59 Å². The maximum absolute atomic E-state index is 10.9. The van der Waals surface area contributed by atoms with Crippen molar-refractivity contribution in [3.05, 3.63) is 11.6 Å². The van der Waals surface area contributed by atoms with Gasteiger partial charge in [0.25, 0.3) is 0 Å². The Bertz CT molecular complexity index is 188. The standard InChI is InChI=1S/C9H14O2/c1-5-6(2)9(7(3)10)8(4)11/h5,9H,1-4H3. The summed E-state index contributed by atoms with van der Waals surface area (Å²) in [7, 11) is 0. The maximum atomic E-state index is 10.9. The predicted molar refractivity (Wildman–Crippen MR) is 44.3 cm³/mol. The normalized spacial score (nSPS) is 11.9. The molecule has 0 radical (unpaired) electrons. The van der Waals surface area contributed by atoms with E-state index in [0.717, 1.165) is 5.57 Å². The van der Waals surface area contributed by atoms with E-state index in [1.54, 1.807) is 13.0 Å². The van der Waals surface area contributed by atoms with Gasteiger partial charge in [0, 0.05) is 0 Å². The van der Waals surface area contributed by atoms with Crippen molar-refractivity contribution in [2.24, 2.45) is 5.92 Å². The Hall–Kier alpha value is -0.920. The minimum atomic E-state index is -0.514. The van der Waals surface area contributed by atoms with Gasteiger partial charge in [0.05, 0.1) is 5.92 Å². The topological polar surface area (TPSA) is 34.1 Å². The molecule has 0 aliphatic carbocycles. The lowest BCUT2D eigenvalue weighted by molar-refractivity contribution is -0.128. The summed E-state index contributed by atoms with van der Waals surface area (Å²) >= 11 is 0. The van der Waals surface area contributed by atoms with Gasteiger partial charge >= 0.3 is 0 Å². The third-order valence-corrected chi connectivity index (χ3v) is 1.72. The summed E-state index contributed by atoms with van der Waals surface area (Å²) in [6, 6.07) is 0. The van der Waals surface area contributed by atoms with Crippen LogP contribution in [0.15, 0.2) is 11.6 Å². The van der Waals surface area contributed by atoms with Gasteiger partial charge in [-0.3, -0.25) is 9.59 Å². The number of rotatable bonds is 3. The van der Waals surface area contributed by atoms with Crippen LogP contribution in [0.25, 0.3) is 0 Å². The number of carbonyl (C=O) groups excluding carboxylic acids is 2. The summed E-state index contributed by atoms with van der Waals surface area (Å²) in [5.41, 5.74) is 0.838. The van der Waals surface area contributed by atoms with Gasteiger partial charge in [-0.1, -0.05) is 11.6 Å². The van der Waals surface area contributed by atoms with Crippen LogP contribution >= 0.6 is 0 Å². The molecule has 0 spiro atoms. The Morgan fingerprint density at radius 2 is 1.45 bits per heavy atom. The van der Waals surface area contributed by atoms with Crippen LogP contribution in [0.3, 0.4) is 0 Å². The molecule has 0 aliphatic heterocycles. The number of allylic oxidation sites excluding steroid dienone is 2. The second-order valence-corrected chi connectivity index (χ2v) is 2.69. The number of hydrogen-bond donors (Lipinski definition) is 0. The summed E-state index contributed by atoms with van der Waals surface area (Å²) in [4.78, 5) is 21.8. The number of ketones is 2. The SMILES string of the molecule is CC=C(C)C(C(C)=O)C(C)=O. The van der Waals surface area contributed by atoms with E-state index in [-0.39, 0.29) is 11.6 Å². The number of Topliss-reactive ketones (excluding diaryl/α,β-unsaturated/α-hetero) is 2. The van der Waals surface area contributed by atoms with E-state index in [2.05, 4.69) is 0 Å². The van der Waals surface area contributed by atoms with E-state index in [1.807, 2.05) is 6.92 Å². The second kappa shape index (κ2) is 4.06. The van der Waals surface area contributed by atoms with Crippen LogP contribution in [0, 0.1) is 5.92 Å². The van der Waals surface area contributed by atoms with Gasteiger partial charge in [-0.25, -0.2) is 0 Å². The van der Waals surface area contributed by atoms with Gasteiger partial charge in [0.15, 0.2) is 0 Å². The predicted octanol–water partition coefficient (Wildman–Crippen LogP) is 1.75. The molecule has 62 valence electrons. The van der Waals surface area contributed by atoms with Crippen LogP contribution in [0.4, 0.5) is 0 Å². The van der Waals surface area contributed by atoms with E-state index in [4.69, 9.17) is 0 Å². The summed E-state index contributed by atoms with van der Waals surface area (Å²) in [6.07, 6.45) is 1.80. The lowest BCUT2D eigenvalue weighted by Gasteiger charge is -2.09. The van der Waals surface area contributed by atoms with Gasteiger partial charge in [0.2, 0.25) is 0 Å². The van der Waals surface area contributed by atoms with E-state index in [1.165, 1.54) is 13.8 Å². The summed E-state index contributed by atoms with van der Waals surface area (Å²) in [6.45, 7) is 6.51. The fourth-order valence-corrected chi connectivity index (χ4v) is 1.09. The summed E-state index contributed by atoms with van der Waals surface area (Å²) in [5.74, 6) is -0.666. The molecule has 0 atom stereocenters. The fraction of sp³-hybridized carbons (Fsp3) is 0.556. The van der Waals surface area contributed by atoms with Crippen LogP contribution < -0.4 is 0 Å². The van der Waals surface area contributed by atoms with E-state index in [9.17, 15) is 9.59 Å². The third-order valence-electron chi connectivity index (χ3n) is 1.72. The molecule has 0 unspecified atom stereocenters. The highest BCUT2D eigenvalue weighted by atomic mass is 16.1. The molecule has 0 saturated heterocycles. The van der Waals surface area contributed by atoms with Crippen molar-refractivity contribution in [2.45, 2.75) is 27.7 Å². The Morgan fingerprint density at radius 3 is 1.55 bits per heavy atom. The maximum Gasteiger partial charge on any atom is 0.144 e. The molecular weight excluding hydrogens is 140 g/mol. The van der Waals surface area contributed by atoms with Crippen molar-refractivity contribution < 1.29 is 9.59 Å². The Balaban J connectivity index is 4.62. The largest absolute Gasteiger partial charge is 0.299 e. The molecule has 0 fully saturated rings. The molecule has 11 heavy (non-hydrogen) atoms. The highest BCUT2D eigenvalue weighted by Crippen LogP contribution is 2.12. The first-order chi connectivity index (χ1) is 5.00. The fourth-order valence-electron chi connectivity index (χ4n) is 1.09. The van der Waals surface area contributed by atoms with Gasteiger partial charge in [-0.2, -0.15) is 0 Å². The number of carbonyl (C=O) groups is 2. The zero-order valence-electron chi connectivity index (χ0n) is 7.47. The molecule has 0 aromatic heterocycles. The average Bonchev–Trinajstić information content (AvgIpc) is 1.85. The van der Waals surface area contributed by atoms with Crippen molar-refractivity contribution in [1.82, 2.24) is 0 Å². The van der Waals surface area contributed by atoms with Crippen LogP contribution in [0.1, 0.15) is 27.7 Å². The molecule has 2 nitrogen and oxygen atoms in total. The average molecular weight is 154 g/mol. The highest BCUT2D eigenvalue weighted by molar-refractivity contribution is 6.02. The minimum absolute atomic E-state index is 0.0758. The van der Waals surface area contributed by atoms with Crippen LogP contribution in [0.2, 0.25) is 0 Å². The molecular formula is C9H14O2. The van der Waals surface area contributed by atoms with Gasteiger partial charge in [0.1, 0.15) is 11.6 Å².